The van der Waals surface area contributed by atoms with Gasteiger partial charge in [-0.1, -0.05) is 17.7 Å². The van der Waals surface area contributed by atoms with Crippen molar-refractivity contribution in [1.29, 1.82) is 0 Å². The highest BCUT2D eigenvalue weighted by Gasteiger charge is 2.21. The molecule has 1 heterocycles. The SMILES string of the molecule is Cc1ccc(S(=O)(=O)N(C)c2ccc(O[C@@H]3CCOC3)cc2)cc1. The Morgan fingerprint density at radius 1 is 1.08 bits per heavy atom. The van der Waals surface area contributed by atoms with E-state index < -0.39 is 10.0 Å². The zero-order valence-electron chi connectivity index (χ0n) is 13.8. The third-order valence-electron chi connectivity index (χ3n) is 4.07. The van der Waals surface area contributed by atoms with Crippen LogP contribution in [0.2, 0.25) is 0 Å². The summed E-state index contributed by atoms with van der Waals surface area (Å²) >= 11 is 0. The summed E-state index contributed by atoms with van der Waals surface area (Å²) in [5, 5.41) is 0. The van der Waals surface area contributed by atoms with E-state index in [1.807, 2.05) is 6.92 Å². The van der Waals surface area contributed by atoms with Crippen LogP contribution in [-0.4, -0.2) is 34.8 Å². The van der Waals surface area contributed by atoms with E-state index in [1.54, 1.807) is 55.6 Å². The molecule has 24 heavy (non-hydrogen) atoms. The highest BCUT2D eigenvalue weighted by atomic mass is 32.2. The zero-order chi connectivity index (χ0) is 17.2. The van der Waals surface area contributed by atoms with E-state index in [0.29, 0.717) is 12.3 Å². The Balaban J connectivity index is 1.76. The largest absolute Gasteiger partial charge is 0.488 e. The third-order valence-corrected chi connectivity index (χ3v) is 5.87. The molecule has 3 rings (SSSR count). The molecule has 128 valence electrons. The van der Waals surface area contributed by atoms with E-state index in [4.69, 9.17) is 9.47 Å². The van der Waals surface area contributed by atoms with Crippen LogP contribution in [0.3, 0.4) is 0 Å². The third kappa shape index (κ3) is 3.55. The number of ether oxygens (including phenoxy) is 2. The lowest BCUT2D eigenvalue weighted by Gasteiger charge is -2.20. The predicted molar refractivity (Wildman–Crippen MR) is 93.1 cm³/mol. The topological polar surface area (TPSA) is 55.8 Å². The smallest absolute Gasteiger partial charge is 0.264 e. The Kier molecular flexibility index (Phi) is 4.78. The van der Waals surface area contributed by atoms with Crippen LogP contribution in [0.4, 0.5) is 5.69 Å². The lowest BCUT2D eigenvalue weighted by molar-refractivity contribution is 0.141. The van der Waals surface area contributed by atoms with Crippen LogP contribution < -0.4 is 9.04 Å². The Labute approximate surface area is 142 Å². The van der Waals surface area contributed by atoms with Crippen molar-refractivity contribution in [3.63, 3.8) is 0 Å². The van der Waals surface area contributed by atoms with Crippen molar-refractivity contribution in [3.8, 4) is 5.75 Å². The lowest BCUT2D eigenvalue weighted by Crippen LogP contribution is -2.26. The summed E-state index contributed by atoms with van der Waals surface area (Å²) < 4.78 is 37.7. The van der Waals surface area contributed by atoms with Gasteiger partial charge in [0.1, 0.15) is 11.9 Å². The first kappa shape index (κ1) is 16.8. The van der Waals surface area contributed by atoms with Crippen molar-refractivity contribution < 1.29 is 17.9 Å². The molecule has 6 heteroatoms. The molecule has 2 aromatic carbocycles. The van der Waals surface area contributed by atoms with Crippen molar-refractivity contribution in [1.82, 2.24) is 0 Å². The molecule has 0 aromatic heterocycles. The Hall–Kier alpha value is -2.05. The van der Waals surface area contributed by atoms with Gasteiger partial charge >= 0.3 is 0 Å². The van der Waals surface area contributed by atoms with Crippen LogP contribution in [0.5, 0.6) is 5.75 Å². The van der Waals surface area contributed by atoms with E-state index >= 15 is 0 Å². The first-order chi connectivity index (χ1) is 11.5. The van der Waals surface area contributed by atoms with Crippen molar-refractivity contribution in [2.75, 3.05) is 24.6 Å². The fourth-order valence-electron chi connectivity index (χ4n) is 2.54. The number of aryl methyl sites for hydroxylation is 1. The van der Waals surface area contributed by atoms with Crippen LogP contribution in [-0.2, 0) is 14.8 Å². The molecule has 1 atom stereocenters. The second-order valence-electron chi connectivity index (χ2n) is 5.88. The van der Waals surface area contributed by atoms with Gasteiger partial charge in [-0.3, -0.25) is 4.31 Å². The molecule has 0 bridgehead atoms. The molecule has 0 amide bonds. The maximum atomic E-state index is 12.7. The summed E-state index contributed by atoms with van der Waals surface area (Å²) in [5.41, 5.74) is 1.61. The first-order valence-electron chi connectivity index (χ1n) is 7.87. The minimum Gasteiger partial charge on any atom is -0.488 e. The zero-order valence-corrected chi connectivity index (χ0v) is 14.6. The maximum Gasteiger partial charge on any atom is 0.264 e. The first-order valence-corrected chi connectivity index (χ1v) is 9.31. The van der Waals surface area contributed by atoms with Crippen molar-refractivity contribution in [2.24, 2.45) is 0 Å². The molecule has 0 N–H and O–H groups in total. The molecule has 1 saturated heterocycles. The fourth-order valence-corrected chi connectivity index (χ4v) is 3.74. The van der Waals surface area contributed by atoms with Gasteiger partial charge in [-0.25, -0.2) is 8.42 Å². The summed E-state index contributed by atoms with van der Waals surface area (Å²) in [4.78, 5) is 0.277. The molecule has 1 aliphatic heterocycles. The molecule has 1 aliphatic rings. The number of hydrogen-bond donors (Lipinski definition) is 0. The quantitative estimate of drug-likeness (QED) is 0.834. The average molecular weight is 347 g/mol. The molecular formula is C18H21NO4S. The molecule has 0 spiro atoms. The molecular weight excluding hydrogens is 326 g/mol. The maximum absolute atomic E-state index is 12.7. The van der Waals surface area contributed by atoms with Gasteiger partial charge in [0.25, 0.3) is 10.0 Å². The van der Waals surface area contributed by atoms with Crippen LogP contribution in [0.15, 0.2) is 53.4 Å². The summed E-state index contributed by atoms with van der Waals surface area (Å²) in [5.74, 6) is 0.718. The molecule has 5 nitrogen and oxygen atoms in total. The lowest BCUT2D eigenvalue weighted by atomic mass is 10.2. The van der Waals surface area contributed by atoms with Crippen molar-refractivity contribution in [2.45, 2.75) is 24.3 Å². The summed E-state index contributed by atoms with van der Waals surface area (Å²) in [6.07, 6.45) is 0.952. The predicted octanol–water partition coefficient (Wildman–Crippen LogP) is 2.99. The highest BCUT2D eigenvalue weighted by molar-refractivity contribution is 7.92. The monoisotopic (exact) mass is 347 g/mol. The Morgan fingerprint density at radius 3 is 2.33 bits per heavy atom. The fraction of sp³-hybridized carbons (Fsp3) is 0.333. The Morgan fingerprint density at radius 2 is 1.75 bits per heavy atom. The number of sulfonamides is 1. The van der Waals surface area contributed by atoms with Gasteiger partial charge in [0.15, 0.2) is 0 Å². The van der Waals surface area contributed by atoms with Crippen LogP contribution >= 0.6 is 0 Å². The molecule has 2 aromatic rings. The van der Waals surface area contributed by atoms with Crippen LogP contribution in [0.1, 0.15) is 12.0 Å². The van der Waals surface area contributed by atoms with Gasteiger partial charge in [0, 0.05) is 13.5 Å². The number of rotatable bonds is 5. The van der Waals surface area contributed by atoms with Crippen LogP contribution in [0, 0.1) is 6.92 Å². The molecule has 0 saturated carbocycles. The summed E-state index contributed by atoms with van der Waals surface area (Å²) in [7, 11) is -2.02. The standard InChI is InChI=1S/C18H21NO4S/c1-14-3-9-18(10-4-14)24(20,21)19(2)15-5-7-16(8-6-15)23-17-11-12-22-13-17/h3-10,17H,11-13H2,1-2H3/t17-/m1/s1. The number of anilines is 1. The van der Waals surface area contributed by atoms with Gasteiger partial charge in [-0.2, -0.15) is 0 Å². The van der Waals surface area contributed by atoms with Gasteiger partial charge in [0.2, 0.25) is 0 Å². The minimum atomic E-state index is -3.57. The van der Waals surface area contributed by atoms with Crippen molar-refractivity contribution >= 4 is 15.7 Å². The second kappa shape index (κ2) is 6.83. The molecule has 1 fully saturated rings. The number of hydrogen-bond acceptors (Lipinski definition) is 4. The summed E-state index contributed by atoms with van der Waals surface area (Å²) in [6, 6.07) is 13.9. The van der Waals surface area contributed by atoms with Gasteiger partial charge in [-0.15, -0.1) is 0 Å². The van der Waals surface area contributed by atoms with E-state index in [9.17, 15) is 8.42 Å². The van der Waals surface area contributed by atoms with Gasteiger partial charge < -0.3 is 9.47 Å². The van der Waals surface area contributed by atoms with E-state index in [1.165, 1.54) is 4.31 Å². The van der Waals surface area contributed by atoms with E-state index in [2.05, 4.69) is 0 Å². The van der Waals surface area contributed by atoms with Gasteiger partial charge in [0.05, 0.1) is 23.8 Å². The highest BCUT2D eigenvalue weighted by Crippen LogP contribution is 2.25. The number of benzene rings is 2. The molecule has 0 radical (unpaired) electrons. The van der Waals surface area contributed by atoms with Crippen LogP contribution in [0.25, 0.3) is 0 Å². The average Bonchev–Trinajstić information content (AvgIpc) is 3.08. The van der Waals surface area contributed by atoms with E-state index in [0.717, 1.165) is 24.3 Å². The number of nitrogens with zero attached hydrogens (tertiary/aromatic N) is 1. The van der Waals surface area contributed by atoms with Crippen molar-refractivity contribution in [3.05, 3.63) is 54.1 Å². The molecule has 0 aliphatic carbocycles. The van der Waals surface area contributed by atoms with E-state index in [-0.39, 0.29) is 11.0 Å². The summed E-state index contributed by atoms with van der Waals surface area (Å²) in [6.45, 7) is 3.25. The van der Waals surface area contributed by atoms with Gasteiger partial charge in [-0.05, 0) is 43.3 Å². The Bertz CT molecular complexity index is 779. The normalized spacial score (nSPS) is 17.7. The molecule has 0 unspecified atom stereocenters. The minimum absolute atomic E-state index is 0.0740. The second-order valence-corrected chi connectivity index (χ2v) is 7.85.